The second kappa shape index (κ2) is 6.58. The van der Waals surface area contributed by atoms with Gasteiger partial charge in [0.25, 0.3) is 0 Å². The highest BCUT2D eigenvalue weighted by atomic mass is 32.1. The molecular weight excluding hydrogens is 297 g/mol. The van der Waals surface area contributed by atoms with Gasteiger partial charge in [0.15, 0.2) is 5.01 Å². The molecule has 114 valence electrons. The molecule has 0 amide bonds. The van der Waals surface area contributed by atoms with E-state index in [9.17, 15) is 13.2 Å². The van der Waals surface area contributed by atoms with Crippen molar-refractivity contribution >= 4 is 11.3 Å². The molecule has 0 saturated carbocycles. The van der Waals surface area contributed by atoms with Crippen LogP contribution in [0.3, 0.4) is 0 Å². The van der Waals surface area contributed by atoms with Gasteiger partial charge in [-0.05, 0) is 18.0 Å². The van der Waals surface area contributed by atoms with Crippen LogP contribution in [-0.2, 0) is 12.7 Å². The second-order valence-corrected chi connectivity index (χ2v) is 6.18. The highest BCUT2D eigenvalue weighted by Gasteiger charge is 2.36. The summed E-state index contributed by atoms with van der Waals surface area (Å²) in [5.74, 6) is 0.436. The van der Waals surface area contributed by atoms with Gasteiger partial charge in [-0.15, -0.1) is 11.3 Å². The Bertz CT molecular complexity index is 576. The summed E-state index contributed by atoms with van der Waals surface area (Å²) in [5.41, 5.74) is 1.23. The van der Waals surface area contributed by atoms with Crippen LogP contribution >= 0.6 is 11.3 Å². The van der Waals surface area contributed by atoms with Gasteiger partial charge in [0, 0.05) is 6.54 Å². The van der Waals surface area contributed by atoms with Crippen LogP contribution in [0.25, 0.3) is 10.4 Å². The lowest BCUT2D eigenvalue weighted by atomic mass is 10.1. The van der Waals surface area contributed by atoms with Crippen LogP contribution in [0.4, 0.5) is 13.2 Å². The van der Waals surface area contributed by atoms with Gasteiger partial charge < -0.3 is 5.32 Å². The Kier molecular flexibility index (Phi) is 5.00. The van der Waals surface area contributed by atoms with Crippen molar-refractivity contribution in [3.8, 4) is 10.4 Å². The normalized spacial score (nSPS) is 12.1. The Labute approximate surface area is 126 Å². The molecule has 1 aromatic heterocycles. The number of aromatic nitrogens is 1. The molecule has 1 aromatic carbocycles. The average Bonchev–Trinajstić information content (AvgIpc) is 2.83. The van der Waals surface area contributed by atoms with Crippen molar-refractivity contribution < 1.29 is 13.2 Å². The molecule has 0 spiro atoms. The number of thiazole rings is 1. The number of hydrogen-bond donors (Lipinski definition) is 1. The van der Waals surface area contributed by atoms with Crippen LogP contribution in [0.1, 0.15) is 24.5 Å². The topological polar surface area (TPSA) is 24.9 Å². The standard InChI is InChI=1S/C15H17F3N2S/c1-10(2)8-19-9-12-13(11-6-4-3-5-7-11)21-14(20-12)15(16,17)18/h3-7,10,19H,8-9H2,1-2H3. The quantitative estimate of drug-likeness (QED) is 0.874. The fourth-order valence-electron chi connectivity index (χ4n) is 1.89. The molecular formula is C15H17F3N2S. The van der Waals surface area contributed by atoms with Crippen molar-refractivity contribution in [1.82, 2.24) is 10.3 Å². The van der Waals surface area contributed by atoms with Crippen LogP contribution < -0.4 is 5.32 Å². The van der Waals surface area contributed by atoms with Crippen LogP contribution in [0.2, 0.25) is 0 Å². The molecule has 1 N–H and O–H groups in total. The lowest BCUT2D eigenvalue weighted by Gasteiger charge is -2.07. The molecule has 0 atom stereocenters. The van der Waals surface area contributed by atoms with Crippen molar-refractivity contribution in [3.63, 3.8) is 0 Å². The van der Waals surface area contributed by atoms with Crippen LogP contribution in [0, 0.1) is 5.92 Å². The smallest absolute Gasteiger partial charge is 0.311 e. The molecule has 21 heavy (non-hydrogen) atoms. The van der Waals surface area contributed by atoms with Crippen molar-refractivity contribution in [3.05, 3.63) is 41.0 Å². The van der Waals surface area contributed by atoms with E-state index in [1.54, 1.807) is 12.1 Å². The molecule has 2 nitrogen and oxygen atoms in total. The minimum Gasteiger partial charge on any atom is -0.311 e. The zero-order valence-corrected chi connectivity index (χ0v) is 12.7. The number of hydrogen-bond acceptors (Lipinski definition) is 3. The molecule has 6 heteroatoms. The molecule has 0 bridgehead atoms. The van der Waals surface area contributed by atoms with Crippen LogP contribution in [-0.4, -0.2) is 11.5 Å². The van der Waals surface area contributed by atoms with E-state index in [4.69, 9.17) is 0 Å². The Morgan fingerprint density at radius 3 is 2.43 bits per heavy atom. The summed E-state index contributed by atoms with van der Waals surface area (Å²) >= 11 is 0.702. The van der Waals surface area contributed by atoms with E-state index >= 15 is 0 Å². The zero-order chi connectivity index (χ0) is 15.5. The number of rotatable bonds is 5. The number of halogens is 3. The number of nitrogens with one attached hydrogen (secondary N) is 1. The Hall–Kier alpha value is -1.40. The summed E-state index contributed by atoms with van der Waals surface area (Å²) in [6, 6.07) is 9.08. The predicted molar refractivity (Wildman–Crippen MR) is 79.1 cm³/mol. The highest BCUT2D eigenvalue weighted by Crippen LogP contribution is 2.38. The maximum atomic E-state index is 12.9. The van der Waals surface area contributed by atoms with E-state index < -0.39 is 11.2 Å². The van der Waals surface area contributed by atoms with E-state index in [1.807, 2.05) is 32.0 Å². The number of nitrogens with zero attached hydrogens (tertiary/aromatic N) is 1. The molecule has 2 aromatic rings. The molecule has 2 rings (SSSR count). The van der Waals surface area contributed by atoms with Crippen molar-refractivity contribution in [1.29, 1.82) is 0 Å². The van der Waals surface area contributed by atoms with Crippen molar-refractivity contribution in [2.75, 3.05) is 6.54 Å². The summed E-state index contributed by atoms with van der Waals surface area (Å²) < 4.78 is 38.6. The van der Waals surface area contributed by atoms with Gasteiger partial charge in [-0.1, -0.05) is 44.2 Å². The number of benzene rings is 1. The lowest BCUT2D eigenvalue weighted by Crippen LogP contribution is -2.19. The molecule has 0 saturated heterocycles. The van der Waals surface area contributed by atoms with Gasteiger partial charge >= 0.3 is 6.18 Å². The van der Waals surface area contributed by atoms with Crippen LogP contribution in [0.5, 0.6) is 0 Å². The Morgan fingerprint density at radius 1 is 1.19 bits per heavy atom. The van der Waals surface area contributed by atoms with Gasteiger partial charge in [0.2, 0.25) is 0 Å². The van der Waals surface area contributed by atoms with Gasteiger partial charge in [-0.3, -0.25) is 0 Å². The Balaban J connectivity index is 2.30. The SMILES string of the molecule is CC(C)CNCc1nc(C(F)(F)F)sc1-c1ccccc1. The first-order valence-corrected chi connectivity index (χ1v) is 7.52. The largest absolute Gasteiger partial charge is 0.443 e. The first kappa shape index (κ1) is 16.0. The molecule has 0 aliphatic carbocycles. The minimum atomic E-state index is -4.40. The van der Waals surface area contributed by atoms with Gasteiger partial charge in [-0.2, -0.15) is 13.2 Å². The predicted octanol–water partition coefficient (Wildman–Crippen LogP) is 4.57. The molecule has 0 fully saturated rings. The van der Waals surface area contributed by atoms with Crippen molar-refractivity contribution in [2.24, 2.45) is 5.92 Å². The van der Waals surface area contributed by atoms with E-state index in [-0.39, 0.29) is 0 Å². The van der Waals surface area contributed by atoms with E-state index in [2.05, 4.69) is 10.3 Å². The summed E-state index contributed by atoms with van der Waals surface area (Å²) in [6.45, 7) is 5.18. The Morgan fingerprint density at radius 2 is 1.86 bits per heavy atom. The fourth-order valence-corrected chi connectivity index (χ4v) is 2.84. The summed E-state index contributed by atoms with van der Waals surface area (Å²) in [5, 5.41) is 2.36. The summed E-state index contributed by atoms with van der Waals surface area (Å²) in [6.07, 6.45) is -4.40. The summed E-state index contributed by atoms with van der Waals surface area (Å²) in [4.78, 5) is 4.37. The maximum absolute atomic E-state index is 12.9. The highest BCUT2D eigenvalue weighted by molar-refractivity contribution is 7.15. The third kappa shape index (κ3) is 4.28. The average molecular weight is 314 g/mol. The van der Waals surface area contributed by atoms with E-state index in [1.165, 1.54) is 0 Å². The molecule has 0 aliphatic heterocycles. The first-order valence-electron chi connectivity index (χ1n) is 6.71. The van der Waals surface area contributed by atoms with Crippen LogP contribution in [0.15, 0.2) is 30.3 Å². The second-order valence-electron chi connectivity index (χ2n) is 5.18. The van der Waals surface area contributed by atoms with Gasteiger partial charge in [0.05, 0.1) is 10.6 Å². The lowest BCUT2D eigenvalue weighted by molar-refractivity contribution is -0.137. The molecule has 1 heterocycles. The molecule has 0 aliphatic rings. The van der Waals surface area contributed by atoms with E-state index in [0.717, 1.165) is 12.1 Å². The third-order valence-corrected chi connectivity index (χ3v) is 4.01. The number of alkyl halides is 3. The van der Waals surface area contributed by atoms with Crippen molar-refractivity contribution in [2.45, 2.75) is 26.6 Å². The monoisotopic (exact) mass is 314 g/mol. The fraction of sp³-hybridized carbons (Fsp3) is 0.400. The molecule has 0 unspecified atom stereocenters. The van der Waals surface area contributed by atoms with Gasteiger partial charge in [0.1, 0.15) is 0 Å². The summed E-state index contributed by atoms with van der Waals surface area (Å²) in [7, 11) is 0. The minimum absolute atomic E-state index is 0.342. The molecule has 0 radical (unpaired) electrons. The first-order chi connectivity index (χ1) is 9.88. The van der Waals surface area contributed by atoms with Gasteiger partial charge in [-0.25, -0.2) is 4.98 Å². The zero-order valence-electron chi connectivity index (χ0n) is 11.9. The van der Waals surface area contributed by atoms with E-state index in [0.29, 0.717) is 34.4 Å². The third-order valence-electron chi connectivity index (χ3n) is 2.82. The maximum Gasteiger partial charge on any atom is 0.443 e.